The van der Waals surface area contributed by atoms with Crippen LogP contribution in [0.1, 0.15) is 50.9 Å². The molecule has 4 rings (SSSR count). The van der Waals surface area contributed by atoms with E-state index in [-0.39, 0.29) is 10.8 Å². The fraction of sp³-hybridized carbons (Fsp3) is 0.500. The fourth-order valence-corrected chi connectivity index (χ4v) is 4.25. The number of hydrogen-bond donors (Lipinski definition) is 0. The molecule has 2 aromatic rings. The van der Waals surface area contributed by atoms with Gasteiger partial charge in [0, 0.05) is 11.5 Å². The summed E-state index contributed by atoms with van der Waals surface area (Å²) in [6.45, 7) is 6.86. The largest absolute Gasteiger partial charge is 0.618 e. The van der Waals surface area contributed by atoms with Gasteiger partial charge in [-0.25, -0.2) is 4.98 Å². The molecule has 2 bridgehead atoms. The number of benzene rings is 1. The molecule has 2 aliphatic rings. The van der Waals surface area contributed by atoms with Crippen LogP contribution < -0.4 is 4.73 Å². The minimum Gasteiger partial charge on any atom is -0.618 e. The summed E-state index contributed by atoms with van der Waals surface area (Å²) in [7, 11) is 0. The number of hydrogen-bond acceptors (Lipinski definition) is 2. The van der Waals surface area contributed by atoms with Gasteiger partial charge in [-0.15, -0.1) is 0 Å². The van der Waals surface area contributed by atoms with Gasteiger partial charge in [0.1, 0.15) is 11.2 Å². The van der Waals surface area contributed by atoms with Crippen LogP contribution in [0.2, 0.25) is 0 Å². The maximum atomic E-state index is 12.7. The van der Waals surface area contributed by atoms with Crippen LogP contribution in [0.3, 0.4) is 0 Å². The predicted octanol–water partition coefficient (Wildman–Crippen LogP) is 3.04. The van der Waals surface area contributed by atoms with Crippen molar-refractivity contribution in [3.63, 3.8) is 0 Å². The number of fused-ring (bicyclic) bond motifs is 6. The molecule has 1 aromatic carbocycles. The van der Waals surface area contributed by atoms with Crippen molar-refractivity contribution in [3.8, 4) is 0 Å². The topological polar surface area (TPSA) is 39.8 Å². The average Bonchev–Trinajstić information content (AvgIpc) is 2.71. The van der Waals surface area contributed by atoms with E-state index in [2.05, 4.69) is 20.8 Å². The van der Waals surface area contributed by atoms with Crippen molar-refractivity contribution in [1.82, 2.24) is 4.98 Å². The molecule has 0 unspecified atom stereocenters. The highest BCUT2D eigenvalue weighted by molar-refractivity contribution is 5.71. The molecule has 1 aromatic heterocycles. The van der Waals surface area contributed by atoms with E-state index in [1.165, 1.54) is 0 Å². The number of aromatic nitrogens is 2. The first-order valence-corrected chi connectivity index (χ1v) is 6.99. The Morgan fingerprint density at radius 3 is 2.79 bits per heavy atom. The molecule has 1 fully saturated rings. The van der Waals surface area contributed by atoms with Gasteiger partial charge in [-0.05, 0) is 24.3 Å². The van der Waals surface area contributed by atoms with Crippen molar-refractivity contribution in [2.45, 2.75) is 44.9 Å². The third kappa shape index (κ3) is 1.06. The van der Waals surface area contributed by atoms with E-state index in [0.29, 0.717) is 11.4 Å². The van der Waals surface area contributed by atoms with Gasteiger partial charge in [0.15, 0.2) is 0 Å². The van der Waals surface area contributed by atoms with Crippen LogP contribution in [0, 0.1) is 10.6 Å². The quantitative estimate of drug-likeness (QED) is 0.535. The lowest BCUT2D eigenvalue weighted by atomic mass is 9.70. The normalized spacial score (nSPS) is 30.8. The Hall–Kier alpha value is -1.64. The Morgan fingerprint density at radius 2 is 2.00 bits per heavy atom. The lowest BCUT2D eigenvalue weighted by Gasteiger charge is -2.33. The average molecular weight is 254 g/mol. The predicted molar refractivity (Wildman–Crippen MR) is 73.8 cm³/mol. The zero-order valence-corrected chi connectivity index (χ0v) is 11.6. The molecule has 0 spiro atoms. The highest BCUT2D eigenvalue weighted by Gasteiger charge is 2.64. The number of rotatable bonds is 0. The first-order chi connectivity index (χ1) is 8.97. The molecule has 3 nitrogen and oxygen atoms in total. The first kappa shape index (κ1) is 11.2. The van der Waals surface area contributed by atoms with Crippen molar-refractivity contribution < 1.29 is 4.73 Å². The summed E-state index contributed by atoms with van der Waals surface area (Å²) in [5, 5.41) is 12.7. The molecule has 1 heterocycles. The van der Waals surface area contributed by atoms with Gasteiger partial charge in [0.2, 0.25) is 11.2 Å². The minimum atomic E-state index is 0.0448. The Kier molecular flexibility index (Phi) is 1.82. The summed E-state index contributed by atoms with van der Waals surface area (Å²) in [6, 6.07) is 7.66. The van der Waals surface area contributed by atoms with Gasteiger partial charge in [-0.1, -0.05) is 32.9 Å². The Bertz CT molecular complexity index is 707. The van der Waals surface area contributed by atoms with Crippen LogP contribution in [0.5, 0.6) is 0 Å². The molecule has 1 saturated carbocycles. The molecule has 0 amide bonds. The highest BCUT2D eigenvalue weighted by Crippen LogP contribution is 2.66. The molecule has 0 N–H and O–H groups in total. The SMILES string of the molecule is CC1(C)[C@H]2CC[C@]1(C)c1nc3ccccc3[n+]([O-])c12. The monoisotopic (exact) mass is 254 g/mol. The van der Waals surface area contributed by atoms with Crippen molar-refractivity contribution in [1.29, 1.82) is 0 Å². The summed E-state index contributed by atoms with van der Waals surface area (Å²) in [6.07, 6.45) is 2.25. The molecule has 98 valence electrons. The Morgan fingerprint density at radius 1 is 1.26 bits per heavy atom. The molecule has 0 radical (unpaired) electrons. The zero-order chi connectivity index (χ0) is 13.4. The molecule has 2 aliphatic carbocycles. The second-order valence-corrected chi connectivity index (χ2v) is 6.77. The standard InChI is InChI=1S/C16H18N2O/c1-15(2)10-8-9-16(15,3)14-13(10)18(19)12-7-5-4-6-11(12)17-14/h4-7,10H,8-9H2,1-3H3/t10-,16+/m0/s1. The van der Waals surface area contributed by atoms with E-state index >= 15 is 0 Å². The van der Waals surface area contributed by atoms with Gasteiger partial charge in [-0.3, -0.25) is 0 Å². The van der Waals surface area contributed by atoms with Crippen LogP contribution >= 0.6 is 0 Å². The van der Waals surface area contributed by atoms with Crippen molar-refractivity contribution in [2.75, 3.05) is 0 Å². The van der Waals surface area contributed by atoms with Crippen LogP contribution in [0.25, 0.3) is 11.0 Å². The van der Waals surface area contributed by atoms with E-state index in [0.717, 1.165) is 34.5 Å². The summed E-state index contributed by atoms with van der Waals surface area (Å²) >= 11 is 0. The highest BCUT2D eigenvalue weighted by atomic mass is 16.5. The smallest absolute Gasteiger partial charge is 0.242 e. The summed E-state index contributed by atoms with van der Waals surface area (Å²) in [4.78, 5) is 4.85. The second kappa shape index (κ2) is 3.09. The first-order valence-electron chi connectivity index (χ1n) is 6.99. The van der Waals surface area contributed by atoms with E-state index < -0.39 is 0 Å². The zero-order valence-electron chi connectivity index (χ0n) is 11.6. The van der Waals surface area contributed by atoms with Gasteiger partial charge in [0.25, 0.3) is 0 Å². The van der Waals surface area contributed by atoms with E-state index in [1.807, 2.05) is 24.3 Å². The maximum absolute atomic E-state index is 12.7. The third-order valence-electron chi connectivity index (χ3n) is 5.87. The Labute approximate surface area is 112 Å². The minimum absolute atomic E-state index is 0.0448. The molecule has 0 saturated heterocycles. The molecule has 2 atom stereocenters. The van der Waals surface area contributed by atoms with E-state index in [9.17, 15) is 5.21 Å². The third-order valence-corrected chi connectivity index (χ3v) is 5.87. The maximum Gasteiger partial charge on any atom is 0.242 e. The number of para-hydroxylation sites is 2. The van der Waals surface area contributed by atoms with Crippen molar-refractivity contribution in [2.24, 2.45) is 5.41 Å². The molecular formula is C16H18N2O. The van der Waals surface area contributed by atoms with Gasteiger partial charge in [0.05, 0.1) is 5.92 Å². The van der Waals surface area contributed by atoms with Crippen LogP contribution in [-0.2, 0) is 5.41 Å². The lowest BCUT2D eigenvalue weighted by molar-refractivity contribution is -0.588. The van der Waals surface area contributed by atoms with Crippen molar-refractivity contribution in [3.05, 3.63) is 40.9 Å². The molecule has 3 heteroatoms. The summed E-state index contributed by atoms with van der Waals surface area (Å²) < 4.78 is 1.15. The van der Waals surface area contributed by atoms with Gasteiger partial charge >= 0.3 is 0 Å². The molecular weight excluding hydrogens is 236 g/mol. The van der Waals surface area contributed by atoms with Gasteiger partial charge in [-0.2, -0.15) is 4.73 Å². The van der Waals surface area contributed by atoms with Crippen LogP contribution in [0.15, 0.2) is 24.3 Å². The van der Waals surface area contributed by atoms with Crippen LogP contribution in [-0.4, -0.2) is 4.98 Å². The lowest BCUT2D eigenvalue weighted by Crippen LogP contribution is -2.37. The van der Waals surface area contributed by atoms with Crippen LogP contribution in [0.4, 0.5) is 0 Å². The van der Waals surface area contributed by atoms with Gasteiger partial charge < -0.3 is 5.21 Å². The second-order valence-electron chi connectivity index (χ2n) is 6.77. The number of nitrogens with zero attached hydrogens (tertiary/aromatic N) is 2. The Balaban J connectivity index is 2.14. The summed E-state index contributed by atoms with van der Waals surface area (Å²) in [5.41, 5.74) is 3.67. The fourth-order valence-electron chi connectivity index (χ4n) is 4.25. The van der Waals surface area contributed by atoms with E-state index in [4.69, 9.17) is 4.98 Å². The molecule has 0 aliphatic heterocycles. The molecule has 19 heavy (non-hydrogen) atoms. The van der Waals surface area contributed by atoms with E-state index in [1.54, 1.807) is 0 Å². The summed E-state index contributed by atoms with van der Waals surface area (Å²) in [5.74, 6) is 0.349. The van der Waals surface area contributed by atoms with Crippen molar-refractivity contribution >= 4 is 11.0 Å².